The quantitative estimate of drug-likeness (QED) is 0.771. The Balaban J connectivity index is 1.79. The third-order valence-corrected chi connectivity index (χ3v) is 3.44. The maximum atomic E-state index is 11.9. The van der Waals surface area contributed by atoms with Crippen molar-refractivity contribution < 1.29 is 9.53 Å². The van der Waals surface area contributed by atoms with Crippen LogP contribution < -0.4 is 10.1 Å². The molecule has 1 aromatic carbocycles. The predicted molar refractivity (Wildman–Crippen MR) is 87.9 cm³/mol. The summed E-state index contributed by atoms with van der Waals surface area (Å²) in [5.41, 5.74) is 0.991. The minimum Gasteiger partial charge on any atom is -0.493 e. The molecule has 1 heterocycles. The second-order valence-electron chi connectivity index (χ2n) is 5.82. The molecular weight excluding hydrogens is 292 g/mol. The van der Waals surface area contributed by atoms with Gasteiger partial charge in [-0.15, -0.1) is 0 Å². The summed E-state index contributed by atoms with van der Waals surface area (Å²) in [6.45, 7) is 6.02. The number of carbonyl (C=O) groups is 1. The van der Waals surface area contributed by atoms with Gasteiger partial charge in [-0.25, -0.2) is 4.98 Å². The molecule has 0 aliphatic heterocycles. The Hall–Kier alpha value is -2.37. The third-order valence-electron chi connectivity index (χ3n) is 3.44. The van der Waals surface area contributed by atoms with Gasteiger partial charge in [0.2, 0.25) is 5.91 Å². The Morgan fingerprint density at radius 2 is 2.17 bits per heavy atom. The molecule has 1 amide bonds. The maximum absolute atomic E-state index is 11.9. The highest BCUT2D eigenvalue weighted by molar-refractivity contribution is 5.75. The molecule has 23 heavy (non-hydrogen) atoms. The van der Waals surface area contributed by atoms with Gasteiger partial charge in [0.25, 0.3) is 0 Å². The second-order valence-corrected chi connectivity index (χ2v) is 5.82. The number of nitrogens with zero attached hydrogens (tertiary/aromatic N) is 3. The molecule has 6 nitrogen and oxygen atoms in total. The van der Waals surface area contributed by atoms with Gasteiger partial charge in [-0.3, -0.25) is 9.48 Å². The van der Waals surface area contributed by atoms with E-state index in [1.807, 2.05) is 24.3 Å². The van der Waals surface area contributed by atoms with Crippen molar-refractivity contribution in [2.75, 3.05) is 6.61 Å². The van der Waals surface area contributed by atoms with Crippen LogP contribution in [0.3, 0.4) is 0 Å². The predicted octanol–water partition coefficient (Wildman–Crippen LogP) is 2.41. The normalized spacial score (nSPS) is 10.7. The molecule has 0 aliphatic carbocycles. The molecule has 0 atom stereocenters. The van der Waals surface area contributed by atoms with Crippen LogP contribution in [0.15, 0.2) is 36.9 Å². The van der Waals surface area contributed by atoms with Gasteiger partial charge < -0.3 is 10.1 Å². The summed E-state index contributed by atoms with van der Waals surface area (Å²) in [7, 11) is 0. The maximum Gasteiger partial charge on any atom is 0.222 e. The minimum atomic E-state index is -0.0162. The zero-order valence-corrected chi connectivity index (χ0v) is 13.7. The molecular formula is C17H24N4O2. The van der Waals surface area contributed by atoms with Crippen molar-refractivity contribution in [2.45, 2.75) is 39.8 Å². The number of benzene rings is 1. The van der Waals surface area contributed by atoms with Crippen molar-refractivity contribution in [3.05, 3.63) is 42.5 Å². The van der Waals surface area contributed by atoms with Crippen molar-refractivity contribution in [3.63, 3.8) is 0 Å². The number of aryl methyl sites for hydroxylation is 1. The van der Waals surface area contributed by atoms with Gasteiger partial charge in [0.05, 0.1) is 13.2 Å². The fourth-order valence-corrected chi connectivity index (χ4v) is 2.04. The average Bonchev–Trinajstić information content (AvgIpc) is 3.05. The molecule has 0 saturated heterocycles. The van der Waals surface area contributed by atoms with Gasteiger partial charge in [0.15, 0.2) is 0 Å². The first-order valence-electron chi connectivity index (χ1n) is 7.95. The molecule has 0 saturated carbocycles. The highest BCUT2D eigenvalue weighted by Gasteiger charge is 2.07. The Labute approximate surface area is 136 Å². The summed E-state index contributed by atoms with van der Waals surface area (Å²) in [4.78, 5) is 15.8. The zero-order chi connectivity index (χ0) is 16.5. The van der Waals surface area contributed by atoms with E-state index in [2.05, 4.69) is 29.2 Å². The number of nitrogens with one attached hydrogen (secondary N) is 1. The van der Waals surface area contributed by atoms with E-state index in [0.29, 0.717) is 32.0 Å². The van der Waals surface area contributed by atoms with E-state index in [4.69, 9.17) is 4.74 Å². The fraction of sp³-hybridized carbons (Fsp3) is 0.471. The molecule has 0 bridgehead atoms. The van der Waals surface area contributed by atoms with E-state index < -0.39 is 0 Å². The van der Waals surface area contributed by atoms with Crippen molar-refractivity contribution in [1.82, 2.24) is 20.1 Å². The minimum absolute atomic E-state index is 0.0162. The van der Waals surface area contributed by atoms with Crippen LogP contribution in [0.25, 0.3) is 0 Å². The lowest BCUT2D eigenvalue weighted by Gasteiger charge is -2.13. The van der Waals surface area contributed by atoms with Crippen LogP contribution in [0.4, 0.5) is 0 Å². The Morgan fingerprint density at radius 1 is 1.35 bits per heavy atom. The summed E-state index contributed by atoms with van der Waals surface area (Å²) in [6.07, 6.45) is 4.45. The topological polar surface area (TPSA) is 69.0 Å². The van der Waals surface area contributed by atoms with E-state index in [1.54, 1.807) is 11.0 Å². The molecule has 0 unspecified atom stereocenters. The van der Waals surface area contributed by atoms with E-state index in [9.17, 15) is 4.79 Å². The van der Waals surface area contributed by atoms with Crippen LogP contribution in [-0.4, -0.2) is 27.3 Å². The molecule has 2 aromatic rings. The highest BCUT2D eigenvalue weighted by Crippen LogP contribution is 2.18. The zero-order valence-electron chi connectivity index (χ0n) is 13.7. The van der Waals surface area contributed by atoms with Gasteiger partial charge >= 0.3 is 0 Å². The lowest BCUT2D eigenvalue weighted by atomic mass is 10.1. The van der Waals surface area contributed by atoms with E-state index in [-0.39, 0.29) is 5.91 Å². The number of para-hydroxylation sites is 1. The molecule has 0 spiro atoms. The number of amides is 1. The van der Waals surface area contributed by atoms with Crippen LogP contribution in [0, 0.1) is 5.92 Å². The molecule has 2 rings (SSSR count). The number of aromatic nitrogens is 3. The van der Waals surface area contributed by atoms with Gasteiger partial charge in [-0.1, -0.05) is 32.0 Å². The van der Waals surface area contributed by atoms with Crippen LogP contribution in [0.1, 0.15) is 32.3 Å². The first-order chi connectivity index (χ1) is 11.1. The van der Waals surface area contributed by atoms with Crippen LogP contribution in [-0.2, 0) is 17.9 Å². The monoisotopic (exact) mass is 316 g/mol. The summed E-state index contributed by atoms with van der Waals surface area (Å²) >= 11 is 0. The molecule has 0 fully saturated rings. The number of rotatable bonds is 9. The molecule has 124 valence electrons. The highest BCUT2D eigenvalue weighted by atomic mass is 16.5. The first-order valence-corrected chi connectivity index (χ1v) is 7.95. The van der Waals surface area contributed by atoms with Crippen LogP contribution in [0.5, 0.6) is 5.75 Å². The number of hydrogen-bond acceptors (Lipinski definition) is 4. The number of carbonyl (C=O) groups excluding carboxylic acids is 1. The van der Waals surface area contributed by atoms with Crippen LogP contribution >= 0.6 is 0 Å². The smallest absolute Gasteiger partial charge is 0.222 e. The molecule has 0 aliphatic rings. The summed E-state index contributed by atoms with van der Waals surface area (Å²) in [5.74, 6) is 1.43. The van der Waals surface area contributed by atoms with E-state index in [1.165, 1.54) is 6.33 Å². The lowest BCUT2D eigenvalue weighted by Crippen LogP contribution is -2.24. The molecule has 1 aromatic heterocycles. The van der Waals surface area contributed by atoms with Crippen LogP contribution in [0.2, 0.25) is 0 Å². The van der Waals surface area contributed by atoms with Crippen molar-refractivity contribution >= 4 is 5.91 Å². The summed E-state index contributed by atoms with van der Waals surface area (Å²) in [6, 6.07) is 7.81. The largest absolute Gasteiger partial charge is 0.493 e. The molecule has 0 radical (unpaired) electrons. The Bertz CT molecular complexity index is 596. The number of hydrogen-bond donors (Lipinski definition) is 1. The molecule has 1 N–H and O–H groups in total. The van der Waals surface area contributed by atoms with E-state index in [0.717, 1.165) is 17.7 Å². The summed E-state index contributed by atoms with van der Waals surface area (Å²) in [5, 5.41) is 6.89. The average molecular weight is 316 g/mol. The molecule has 6 heteroatoms. The van der Waals surface area contributed by atoms with Gasteiger partial charge in [-0.05, 0) is 18.4 Å². The standard InChI is InChI=1S/C17H24N4O2/c1-14(2)8-10-23-16-6-4-3-5-15(16)11-19-17(22)7-9-21-13-18-12-20-21/h3-6,12-14H,7-11H2,1-2H3,(H,19,22). The summed E-state index contributed by atoms with van der Waals surface area (Å²) < 4.78 is 7.47. The van der Waals surface area contributed by atoms with Gasteiger partial charge in [0, 0.05) is 18.5 Å². The van der Waals surface area contributed by atoms with Gasteiger partial charge in [-0.2, -0.15) is 5.10 Å². The second kappa shape index (κ2) is 8.92. The SMILES string of the molecule is CC(C)CCOc1ccccc1CNC(=O)CCn1cncn1. The lowest BCUT2D eigenvalue weighted by molar-refractivity contribution is -0.121. The third kappa shape index (κ3) is 6.10. The van der Waals surface area contributed by atoms with Crippen molar-refractivity contribution in [1.29, 1.82) is 0 Å². The fourth-order valence-electron chi connectivity index (χ4n) is 2.04. The number of ether oxygens (including phenoxy) is 1. The van der Waals surface area contributed by atoms with E-state index >= 15 is 0 Å². The van der Waals surface area contributed by atoms with Gasteiger partial charge in [0.1, 0.15) is 18.4 Å². The Morgan fingerprint density at radius 3 is 2.91 bits per heavy atom. The van der Waals surface area contributed by atoms with Crippen molar-refractivity contribution in [3.8, 4) is 5.75 Å². The first kappa shape index (κ1) is 17.0. The van der Waals surface area contributed by atoms with Crippen molar-refractivity contribution in [2.24, 2.45) is 5.92 Å². The Kier molecular flexibility index (Phi) is 6.59.